The Morgan fingerprint density at radius 2 is 2.00 bits per heavy atom. The van der Waals surface area contributed by atoms with Crippen LogP contribution < -0.4 is 4.74 Å². The topological polar surface area (TPSA) is 42.3 Å². The Balaban J connectivity index is 2.11. The van der Waals surface area contributed by atoms with Crippen LogP contribution in [0.3, 0.4) is 0 Å². The minimum absolute atomic E-state index is 0.132. The number of ether oxygens (including phenoxy) is 2. The van der Waals surface area contributed by atoms with Crippen LogP contribution in [-0.4, -0.2) is 26.0 Å². The fourth-order valence-corrected chi connectivity index (χ4v) is 2.57. The van der Waals surface area contributed by atoms with Crippen LogP contribution in [0.1, 0.15) is 18.9 Å². The molecule has 112 valence electrons. The first kappa shape index (κ1) is 15.5. The van der Waals surface area contributed by atoms with E-state index in [-0.39, 0.29) is 12.0 Å². The molecule has 21 heavy (non-hydrogen) atoms. The molecule has 1 aliphatic rings. The van der Waals surface area contributed by atoms with E-state index >= 15 is 0 Å². The summed E-state index contributed by atoms with van der Waals surface area (Å²) in [5.74, 6) is 0.994. The maximum absolute atomic E-state index is 8.08. The van der Waals surface area contributed by atoms with Crippen molar-refractivity contribution in [1.82, 2.24) is 0 Å². The van der Waals surface area contributed by atoms with Gasteiger partial charge in [0.25, 0.3) is 0 Å². The molecule has 0 amide bonds. The lowest BCUT2D eigenvalue weighted by Gasteiger charge is -2.22. The van der Waals surface area contributed by atoms with Crippen LogP contribution in [0.4, 0.5) is 0 Å². The molecule has 2 rings (SSSR count). The van der Waals surface area contributed by atoms with E-state index in [1.54, 1.807) is 14.2 Å². The number of benzene rings is 1. The van der Waals surface area contributed by atoms with Gasteiger partial charge >= 0.3 is 0 Å². The summed E-state index contributed by atoms with van der Waals surface area (Å²) in [6.07, 6.45) is 8.27. The highest BCUT2D eigenvalue weighted by molar-refractivity contribution is 5.85. The molecule has 0 aliphatic heterocycles. The van der Waals surface area contributed by atoms with Crippen LogP contribution in [-0.2, 0) is 11.2 Å². The zero-order valence-corrected chi connectivity index (χ0v) is 12.9. The van der Waals surface area contributed by atoms with E-state index in [1.165, 1.54) is 11.1 Å². The maximum Gasteiger partial charge on any atom is 0.118 e. The van der Waals surface area contributed by atoms with E-state index in [0.29, 0.717) is 5.71 Å². The fourth-order valence-electron chi connectivity index (χ4n) is 2.57. The molecule has 2 atom stereocenters. The zero-order valence-electron chi connectivity index (χ0n) is 12.9. The predicted molar refractivity (Wildman–Crippen MR) is 86.2 cm³/mol. The third kappa shape index (κ3) is 4.05. The Hall–Kier alpha value is -1.87. The second-order valence-corrected chi connectivity index (χ2v) is 5.36. The van der Waals surface area contributed by atoms with Gasteiger partial charge in [0.2, 0.25) is 0 Å². The normalized spacial score (nSPS) is 19.0. The molecular formula is C18H23NO2. The lowest BCUT2D eigenvalue weighted by atomic mass is 9.85. The average molecular weight is 285 g/mol. The van der Waals surface area contributed by atoms with Crippen molar-refractivity contribution >= 4 is 5.71 Å². The van der Waals surface area contributed by atoms with Gasteiger partial charge in [-0.2, -0.15) is 0 Å². The van der Waals surface area contributed by atoms with E-state index in [1.807, 2.05) is 19.1 Å². The molecule has 0 bridgehead atoms. The summed E-state index contributed by atoms with van der Waals surface area (Å²) in [6.45, 7) is 1.88. The summed E-state index contributed by atoms with van der Waals surface area (Å²) in [6, 6.07) is 8.08. The molecule has 1 aliphatic carbocycles. The molecule has 3 nitrogen and oxygen atoms in total. The highest BCUT2D eigenvalue weighted by Crippen LogP contribution is 2.25. The summed E-state index contributed by atoms with van der Waals surface area (Å²) in [5, 5.41) is 8.08. The van der Waals surface area contributed by atoms with Crippen LogP contribution in [0.25, 0.3) is 0 Å². The van der Waals surface area contributed by atoms with Gasteiger partial charge in [0.1, 0.15) is 5.75 Å². The molecule has 1 aromatic rings. The summed E-state index contributed by atoms with van der Waals surface area (Å²) in [7, 11) is 3.40. The lowest BCUT2D eigenvalue weighted by Crippen LogP contribution is -2.18. The fraction of sp³-hybridized carbons (Fsp3) is 0.389. The number of nitrogens with one attached hydrogen (secondary N) is 1. The Kier molecular flexibility index (Phi) is 5.34. The molecule has 2 unspecified atom stereocenters. The average Bonchev–Trinajstić information content (AvgIpc) is 2.53. The highest BCUT2D eigenvalue weighted by Gasteiger charge is 2.18. The number of hydrogen-bond donors (Lipinski definition) is 1. The molecule has 0 radical (unpaired) electrons. The van der Waals surface area contributed by atoms with Gasteiger partial charge in [0, 0.05) is 18.7 Å². The van der Waals surface area contributed by atoms with Crippen molar-refractivity contribution < 1.29 is 9.47 Å². The van der Waals surface area contributed by atoms with Gasteiger partial charge in [0.15, 0.2) is 0 Å². The number of methoxy groups -OCH3 is 2. The molecule has 0 fully saturated rings. The number of hydrogen-bond acceptors (Lipinski definition) is 3. The molecular weight excluding hydrogens is 262 g/mol. The van der Waals surface area contributed by atoms with Crippen molar-refractivity contribution in [1.29, 1.82) is 5.41 Å². The van der Waals surface area contributed by atoms with E-state index in [9.17, 15) is 0 Å². The third-order valence-corrected chi connectivity index (χ3v) is 3.92. The van der Waals surface area contributed by atoms with Crippen LogP contribution in [0.5, 0.6) is 5.75 Å². The second-order valence-electron chi connectivity index (χ2n) is 5.36. The lowest BCUT2D eigenvalue weighted by molar-refractivity contribution is 0.142. The Bertz CT molecular complexity index is 543. The summed E-state index contributed by atoms with van der Waals surface area (Å²) >= 11 is 0. The monoisotopic (exact) mass is 285 g/mol. The van der Waals surface area contributed by atoms with Crippen molar-refractivity contribution in [3.63, 3.8) is 0 Å². The summed E-state index contributed by atoms with van der Waals surface area (Å²) in [5.41, 5.74) is 3.12. The molecule has 0 saturated carbocycles. The second kappa shape index (κ2) is 7.23. The van der Waals surface area contributed by atoms with E-state index in [0.717, 1.165) is 18.6 Å². The highest BCUT2D eigenvalue weighted by atomic mass is 16.5. The summed E-state index contributed by atoms with van der Waals surface area (Å²) < 4.78 is 10.5. The van der Waals surface area contributed by atoms with Gasteiger partial charge in [-0.3, -0.25) is 0 Å². The van der Waals surface area contributed by atoms with Crippen LogP contribution in [0.15, 0.2) is 48.1 Å². The van der Waals surface area contributed by atoms with Crippen molar-refractivity contribution in [2.24, 2.45) is 5.92 Å². The number of allylic oxidation sites excluding steroid dienone is 2. The third-order valence-electron chi connectivity index (χ3n) is 3.92. The molecule has 1 N–H and O–H groups in total. The van der Waals surface area contributed by atoms with E-state index < -0.39 is 0 Å². The predicted octanol–water partition coefficient (Wildman–Crippen LogP) is 3.79. The minimum Gasteiger partial charge on any atom is -0.497 e. The zero-order chi connectivity index (χ0) is 15.2. The molecule has 0 spiro atoms. The first-order valence-electron chi connectivity index (χ1n) is 7.23. The van der Waals surface area contributed by atoms with Gasteiger partial charge < -0.3 is 14.9 Å². The van der Waals surface area contributed by atoms with Crippen molar-refractivity contribution in [2.45, 2.75) is 25.9 Å². The summed E-state index contributed by atoms with van der Waals surface area (Å²) in [4.78, 5) is 0. The van der Waals surface area contributed by atoms with Gasteiger partial charge in [-0.25, -0.2) is 0 Å². The minimum atomic E-state index is 0.132. The van der Waals surface area contributed by atoms with Gasteiger partial charge in [-0.05, 0) is 43.0 Å². The Morgan fingerprint density at radius 1 is 1.29 bits per heavy atom. The van der Waals surface area contributed by atoms with E-state index in [4.69, 9.17) is 14.9 Å². The molecule has 0 heterocycles. The smallest absolute Gasteiger partial charge is 0.118 e. The quantitative estimate of drug-likeness (QED) is 0.808. The number of rotatable bonds is 6. The largest absolute Gasteiger partial charge is 0.497 e. The molecule has 0 aromatic heterocycles. The van der Waals surface area contributed by atoms with Crippen LogP contribution >= 0.6 is 0 Å². The SMILES string of the molecule is COc1ccc(CC(C(C)=N)C2=CCC(OC)C=C2)cc1. The molecule has 1 aromatic carbocycles. The first-order chi connectivity index (χ1) is 10.1. The Morgan fingerprint density at radius 3 is 2.48 bits per heavy atom. The van der Waals surface area contributed by atoms with Crippen molar-refractivity contribution in [3.8, 4) is 5.75 Å². The van der Waals surface area contributed by atoms with Crippen LogP contribution in [0, 0.1) is 11.3 Å². The molecule has 3 heteroatoms. The van der Waals surface area contributed by atoms with E-state index in [2.05, 4.69) is 30.4 Å². The molecule has 0 saturated heterocycles. The van der Waals surface area contributed by atoms with Crippen LogP contribution in [0.2, 0.25) is 0 Å². The standard InChI is InChI=1S/C18H23NO2/c1-13(19)18(15-6-10-17(21-3)11-7-15)12-14-4-8-16(20-2)9-5-14/h4-10,17-19H,11-12H2,1-3H3. The Labute approximate surface area is 126 Å². The van der Waals surface area contributed by atoms with Gasteiger partial charge in [-0.15, -0.1) is 0 Å². The van der Waals surface area contributed by atoms with Gasteiger partial charge in [-0.1, -0.05) is 30.4 Å². The maximum atomic E-state index is 8.08. The van der Waals surface area contributed by atoms with Crippen molar-refractivity contribution in [2.75, 3.05) is 14.2 Å². The van der Waals surface area contributed by atoms with Gasteiger partial charge in [0.05, 0.1) is 13.2 Å². The first-order valence-corrected chi connectivity index (χ1v) is 7.23. The van der Waals surface area contributed by atoms with Crippen molar-refractivity contribution in [3.05, 3.63) is 53.6 Å².